The Balaban J connectivity index is 0.000000845. The zero-order valence-electron chi connectivity index (χ0n) is 7.67. The van der Waals surface area contributed by atoms with Gasteiger partial charge in [0.15, 0.2) is 5.82 Å². The summed E-state index contributed by atoms with van der Waals surface area (Å²) >= 11 is 0. The number of rotatable bonds is 1. The highest BCUT2D eigenvalue weighted by molar-refractivity contribution is 5.85. The van der Waals surface area contributed by atoms with E-state index in [0.29, 0.717) is 6.04 Å². The van der Waals surface area contributed by atoms with E-state index in [-0.39, 0.29) is 24.8 Å². The van der Waals surface area contributed by atoms with Crippen molar-refractivity contribution < 1.29 is 0 Å². The number of halogens is 2. The molecule has 1 aliphatic heterocycles. The molecule has 80 valence electrons. The molecule has 1 unspecified atom stereocenters. The topological polar surface area (TPSA) is 55.0 Å². The molecule has 2 heterocycles. The van der Waals surface area contributed by atoms with E-state index in [4.69, 9.17) is 5.73 Å². The molecule has 1 aromatic heterocycles. The van der Waals surface area contributed by atoms with Gasteiger partial charge in [0.25, 0.3) is 0 Å². The molecule has 0 spiro atoms. The van der Waals surface area contributed by atoms with E-state index < -0.39 is 0 Å². The summed E-state index contributed by atoms with van der Waals surface area (Å²) in [6, 6.07) is 4.16. The van der Waals surface area contributed by atoms with Crippen molar-refractivity contribution >= 4 is 30.6 Å². The molecular weight excluding hydrogens is 223 g/mol. The zero-order chi connectivity index (χ0) is 8.39. The van der Waals surface area contributed by atoms with Crippen LogP contribution in [0, 0.1) is 0 Å². The van der Waals surface area contributed by atoms with E-state index in [9.17, 15) is 0 Å². The minimum Gasteiger partial charge on any atom is -0.354 e. The Morgan fingerprint density at radius 2 is 2.21 bits per heavy atom. The predicted octanol–water partition coefficient (Wildman–Crippen LogP) is 0.858. The second kappa shape index (κ2) is 6.01. The van der Waals surface area contributed by atoms with Gasteiger partial charge in [-0.3, -0.25) is 0 Å². The first-order valence-electron chi connectivity index (χ1n) is 4.14. The van der Waals surface area contributed by atoms with Crippen LogP contribution >= 0.6 is 24.8 Å². The van der Waals surface area contributed by atoms with Gasteiger partial charge >= 0.3 is 0 Å². The molecular formula is C8H14Cl2N4. The van der Waals surface area contributed by atoms with Crippen molar-refractivity contribution in [1.29, 1.82) is 0 Å². The molecule has 1 saturated heterocycles. The summed E-state index contributed by atoms with van der Waals surface area (Å²) in [5.74, 6) is 0.936. The molecule has 0 bridgehead atoms. The van der Waals surface area contributed by atoms with Crippen molar-refractivity contribution in [3.63, 3.8) is 0 Å². The quantitative estimate of drug-likeness (QED) is 0.787. The maximum absolute atomic E-state index is 5.77. The standard InChI is InChI=1S/C8H12N4.2ClH/c9-7-3-5-12(6-7)8-2-1-4-10-11-8;;/h1-2,4,7H,3,5-6,9H2;2*1H. The summed E-state index contributed by atoms with van der Waals surface area (Å²) in [4.78, 5) is 2.16. The van der Waals surface area contributed by atoms with Crippen molar-refractivity contribution in [2.45, 2.75) is 12.5 Å². The van der Waals surface area contributed by atoms with E-state index >= 15 is 0 Å². The molecule has 1 fully saturated rings. The summed E-state index contributed by atoms with van der Waals surface area (Å²) < 4.78 is 0. The summed E-state index contributed by atoms with van der Waals surface area (Å²) in [6.07, 6.45) is 2.73. The van der Waals surface area contributed by atoms with E-state index in [1.807, 2.05) is 12.1 Å². The molecule has 6 heteroatoms. The van der Waals surface area contributed by atoms with Gasteiger partial charge < -0.3 is 10.6 Å². The van der Waals surface area contributed by atoms with E-state index in [2.05, 4.69) is 15.1 Å². The van der Waals surface area contributed by atoms with Crippen LogP contribution in [0.15, 0.2) is 18.3 Å². The summed E-state index contributed by atoms with van der Waals surface area (Å²) in [6.45, 7) is 1.90. The SMILES string of the molecule is Cl.Cl.NC1CCN(c2cccnn2)C1. The molecule has 0 amide bonds. The molecule has 2 rings (SSSR count). The van der Waals surface area contributed by atoms with Gasteiger partial charge in [0.2, 0.25) is 0 Å². The van der Waals surface area contributed by atoms with Crippen molar-refractivity contribution in [2.75, 3.05) is 18.0 Å². The number of hydrogen-bond donors (Lipinski definition) is 1. The smallest absolute Gasteiger partial charge is 0.151 e. The molecule has 0 saturated carbocycles. The summed E-state index contributed by atoms with van der Waals surface area (Å²) in [7, 11) is 0. The third-order valence-corrected chi connectivity index (χ3v) is 2.11. The zero-order valence-corrected chi connectivity index (χ0v) is 9.30. The second-order valence-corrected chi connectivity index (χ2v) is 3.08. The summed E-state index contributed by atoms with van der Waals surface area (Å²) in [5, 5.41) is 7.84. The van der Waals surface area contributed by atoms with Crippen LogP contribution < -0.4 is 10.6 Å². The molecule has 0 radical (unpaired) electrons. The maximum atomic E-state index is 5.77. The lowest BCUT2D eigenvalue weighted by atomic mass is 10.3. The van der Waals surface area contributed by atoms with Crippen LogP contribution in [0.2, 0.25) is 0 Å². The molecule has 4 nitrogen and oxygen atoms in total. The van der Waals surface area contributed by atoms with Crippen LogP contribution in [0.5, 0.6) is 0 Å². The van der Waals surface area contributed by atoms with Crippen LogP contribution in [0.1, 0.15) is 6.42 Å². The van der Waals surface area contributed by atoms with Gasteiger partial charge in [-0.15, -0.1) is 29.9 Å². The van der Waals surface area contributed by atoms with Crippen LogP contribution in [0.4, 0.5) is 5.82 Å². The van der Waals surface area contributed by atoms with Gasteiger partial charge in [-0.2, -0.15) is 5.10 Å². The van der Waals surface area contributed by atoms with Gasteiger partial charge in [0, 0.05) is 25.3 Å². The van der Waals surface area contributed by atoms with Gasteiger partial charge in [-0.05, 0) is 18.6 Å². The van der Waals surface area contributed by atoms with Crippen molar-refractivity contribution in [3.05, 3.63) is 18.3 Å². The first-order chi connectivity index (χ1) is 5.86. The van der Waals surface area contributed by atoms with E-state index in [1.165, 1.54) is 0 Å². The Morgan fingerprint density at radius 1 is 1.43 bits per heavy atom. The number of anilines is 1. The van der Waals surface area contributed by atoms with Crippen molar-refractivity contribution in [2.24, 2.45) is 5.73 Å². The first-order valence-corrected chi connectivity index (χ1v) is 4.14. The van der Waals surface area contributed by atoms with Gasteiger partial charge in [0.05, 0.1) is 0 Å². The Hall–Kier alpha value is -0.580. The minimum absolute atomic E-state index is 0. The highest BCUT2D eigenvalue weighted by Crippen LogP contribution is 2.14. The fraction of sp³-hybridized carbons (Fsp3) is 0.500. The Labute approximate surface area is 95.7 Å². The van der Waals surface area contributed by atoms with Crippen molar-refractivity contribution in [3.8, 4) is 0 Å². The minimum atomic E-state index is 0. The highest BCUT2D eigenvalue weighted by atomic mass is 35.5. The molecule has 14 heavy (non-hydrogen) atoms. The first kappa shape index (κ1) is 13.4. The molecule has 0 aliphatic carbocycles. The van der Waals surface area contributed by atoms with Crippen LogP contribution in [-0.2, 0) is 0 Å². The molecule has 1 aromatic rings. The van der Waals surface area contributed by atoms with Gasteiger partial charge in [-0.1, -0.05) is 0 Å². The fourth-order valence-electron chi connectivity index (χ4n) is 1.46. The normalized spacial score (nSPS) is 19.8. The maximum Gasteiger partial charge on any atom is 0.151 e. The lowest BCUT2D eigenvalue weighted by Crippen LogP contribution is -2.26. The third-order valence-electron chi connectivity index (χ3n) is 2.11. The monoisotopic (exact) mass is 236 g/mol. The molecule has 1 atom stereocenters. The lowest BCUT2D eigenvalue weighted by molar-refractivity contribution is 0.750. The van der Waals surface area contributed by atoms with Crippen LogP contribution in [0.25, 0.3) is 0 Å². The number of nitrogens with two attached hydrogens (primary N) is 1. The Bertz CT molecular complexity index is 257. The number of nitrogens with zero attached hydrogens (tertiary/aromatic N) is 3. The Morgan fingerprint density at radius 3 is 2.71 bits per heavy atom. The Kier molecular flexibility index (Phi) is 5.76. The molecule has 1 aliphatic rings. The van der Waals surface area contributed by atoms with E-state index in [1.54, 1.807) is 6.20 Å². The van der Waals surface area contributed by atoms with Crippen molar-refractivity contribution in [1.82, 2.24) is 10.2 Å². The average molecular weight is 237 g/mol. The fourth-order valence-corrected chi connectivity index (χ4v) is 1.46. The predicted molar refractivity (Wildman–Crippen MR) is 61.3 cm³/mol. The number of hydrogen-bond acceptors (Lipinski definition) is 4. The summed E-state index contributed by atoms with van der Waals surface area (Å²) in [5.41, 5.74) is 5.77. The largest absolute Gasteiger partial charge is 0.354 e. The van der Waals surface area contributed by atoms with Gasteiger partial charge in [-0.25, -0.2) is 0 Å². The molecule has 0 aromatic carbocycles. The highest BCUT2D eigenvalue weighted by Gasteiger charge is 2.19. The lowest BCUT2D eigenvalue weighted by Gasteiger charge is -2.14. The van der Waals surface area contributed by atoms with Gasteiger partial charge in [0.1, 0.15) is 0 Å². The third kappa shape index (κ3) is 2.97. The molecule has 2 N–H and O–H groups in total. The van der Waals surface area contributed by atoms with Crippen LogP contribution in [-0.4, -0.2) is 29.3 Å². The van der Waals surface area contributed by atoms with E-state index in [0.717, 1.165) is 25.3 Å². The second-order valence-electron chi connectivity index (χ2n) is 3.08. The van der Waals surface area contributed by atoms with Crippen LogP contribution in [0.3, 0.4) is 0 Å². The number of aromatic nitrogens is 2. The average Bonchev–Trinajstić information content (AvgIpc) is 2.54.